The zero-order valence-corrected chi connectivity index (χ0v) is 20.7. The van der Waals surface area contributed by atoms with E-state index in [2.05, 4.69) is 34.7 Å². The Kier molecular flexibility index (Phi) is 9.57. The molecule has 0 radical (unpaired) electrons. The van der Waals surface area contributed by atoms with E-state index in [-0.39, 0.29) is 30.0 Å². The van der Waals surface area contributed by atoms with Gasteiger partial charge in [0.25, 0.3) is 0 Å². The van der Waals surface area contributed by atoms with Crippen LogP contribution in [0.2, 0.25) is 0 Å². The van der Waals surface area contributed by atoms with Crippen molar-refractivity contribution in [3.63, 3.8) is 0 Å². The third-order valence-corrected chi connectivity index (χ3v) is 6.96. The van der Waals surface area contributed by atoms with Gasteiger partial charge in [-0.25, -0.2) is 13.4 Å². The van der Waals surface area contributed by atoms with Gasteiger partial charge in [-0.15, -0.1) is 24.0 Å². The highest BCUT2D eigenvalue weighted by molar-refractivity contribution is 14.0. The van der Waals surface area contributed by atoms with Crippen molar-refractivity contribution >= 4 is 40.0 Å². The van der Waals surface area contributed by atoms with E-state index in [9.17, 15) is 8.42 Å². The molecule has 8 heteroatoms. The maximum Gasteiger partial charge on any atom is 0.243 e. The van der Waals surface area contributed by atoms with Gasteiger partial charge in [0.1, 0.15) is 0 Å². The van der Waals surface area contributed by atoms with Crippen LogP contribution in [0, 0.1) is 0 Å². The fraction of sp³-hybridized carbons (Fsp3) is 0.409. The van der Waals surface area contributed by atoms with Gasteiger partial charge in [0.05, 0.1) is 17.5 Å². The van der Waals surface area contributed by atoms with Gasteiger partial charge in [0, 0.05) is 19.6 Å². The normalized spacial score (nSPS) is 16.0. The van der Waals surface area contributed by atoms with Crippen LogP contribution >= 0.6 is 24.0 Å². The molecule has 1 unspecified atom stereocenters. The van der Waals surface area contributed by atoms with Gasteiger partial charge in [-0.1, -0.05) is 42.5 Å². The Labute approximate surface area is 197 Å². The zero-order valence-electron chi connectivity index (χ0n) is 17.5. The van der Waals surface area contributed by atoms with E-state index >= 15 is 0 Å². The first-order valence-electron chi connectivity index (χ1n) is 10.2. The molecule has 1 saturated heterocycles. The third-order valence-electron chi connectivity index (χ3n) is 5.04. The fourth-order valence-electron chi connectivity index (χ4n) is 3.36. The second kappa shape index (κ2) is 11.7. The van der Waals surface area contributed by atoms with Gasteiger partial charge in [0.15, 0.2) is 5.96 Å². The summed E-state index contributed by atoms with van der Waals surface area (Å²) in [5.74, 6) is 0.734. The molecule has 0 bridgehead atoms. The predicted octanol–water partition coefficient (Wildman–Crippen LogP) is 3.91. The Bertz CT molecular complexity index is 912. The molecule has 6 nitrogen and oxygen atoms in total. The van der Waals surface area contributed by atoms with Gasteiger partial charge >= 0.3 is 0 Å². The first-order chi connectivity index (χ1) is 14.0. The molecule has 1 heterocycles. The minimum atomic E-state index is -3.37. The zero-order chi connectivity index (χ0) is 20.7. The summed E-state index contributed by atoms with van der Waals surface area (Å²) >= 11 is 0. The summed E-state index contributed by atoms with van der Waals surface area (Å²) in [5, 5.41) is 6.68. The number of nitrogens with zero attached hydrogens (tertiary/aromatic N) is 2. The highest BCUT2D eigenvalue weighted by Crippen LogP contribution is 2.21. The molecule has 0 saturated carbocycles. The van der Waals surface area contributed by atoms with Crippen LogP contribution in [0.5, 0.6) is 0 Å². The van der Waals surface area contributed by atoms with Crippen molar-refractivity contribution in [2.24, 2.45) is 4.99 Å². The number of benzene rings is 2. The Morgan fingerprint density at radius 1 is 1.07 bits per heavy atom. The number of sulfonamides is 1. The topological polar surface area (TPSA) is 73.8 Å². The Balaban J connectivity index is 0.00000320. The summed E-state index contributed by atoms with van der Waals surface area (Å²) in [6.07, 6.45) is 1.88. The average Bonchev–Trinajstić information content (AvgIpc) is 3.29. The maximum atomic E-state index is 12.6. The third kappa shape index (κ3) is 6.42. The number of nitrogens with one attached hydrogen (secondary N) is 2. The lowest BCUT2D eigenvalue weighted by molar-refractivity contribution is 0.477. The lowest BCUT2D eigenvalue weighted by Crippen LogP contribution is -2.38. The van der Waals surface area contributed by atoms with E-state index in [1.165, 1.54) is 5.56 Å². The average molecular weight is 542 g/mol. The van der Waals surface area contributed by atoms with Crippen molar-refractivity contribution in [1.82, 2.24) is 14.9 Å². The monoisotopic (exact) mass is 542 g/mol. The van der Waals surface area contributed by atoms with Crippen molar-refractivity contribution in [2.45, 2.75) is 44.2 Å². The standard InChI is InChI=1S/C22H30N4O2S.HI/c1-3-23-22(25-18(2)20-9-5-4-6-10-20)24-17-19-11-13-21(14-12-19)29(27,28)26-15-7-8-16-26;/h4-6,9-14,18H,3,7-8,15-17H2,1-2H3,(H2,23,24,25);1H. The van der Waals surface area contributed by atoms with Crippen molar-refractivity contribution in [2.75, 3.05) is 19.6 Å². The van der Waals surface area contributed by atoms with Crippen molar-refractivity contribution in [1.29, 1.82) is 0 Å². The van der Waals surface area contributed by atoms with Crippen LogP contribution in [0.25, 0.3) is 0 Å². The summed E-state index contributed by atoms with van der Waals surface area (Å²) in [6, 6.07) is 17.4. The van der Waals surface area contributed by atoms with Crippen molar-refractivity contribution in [3.05, 3.63) is 65.7 Å². The van der Waals surface area contributed by atoms with Crippen molar-refractivity contribution in [3.8, 4) is 0 Å². The Hall–Kier alpha value is -1.65. The molecule has 2 aromatic rings. The molecule has 1 fully saturated rings. The molecule has 0 aromatic heterocycles. The minimum Gasteiger partial charge on any atom is -0.357 e. The highest BCUT2D eigenvalue weighted by atomic mass is 127. The number of hydrogen-bond donors (Lipinski definition) is 2. The summed E-state index contributed by atoms with van der Waals surface area (Å²) in [7, 11) is -3.37. The lowest BCUT2D eigenvalue weighted by atomic mass is 10.1. The second-order valence-corrected chi connectivity index (χ2v) is 9.16. The first kappa shape index (κ1) is 24.6. The van der Waals surface area contributed by atoms with Crippen LogP contribution < -0.4 is 10.6 Å². The van der Waals surface area contributed by atoms with Gasteiger partial charge in [-0.2, -0.15) is 4.31 Å². The van der Waals surface area contributed by atoms with Gasteiger partial charge in [-0.3, -0.25) is 0 Å². The molecule has 30 heavy (non-hydrogen) atoms. The van der Waals surface area contributed by atoms with Crippen LogP contribution in [0.15, 0.2) is 64.5 Å². The van der Waals surface area contributed by atoms with E-state index in [1.807, 2.05) is 37.3 Å². The van der Waals surface area contributed by atoms with E-state index in [1.54, 1.807) is 16.4 Å². The molecule has 1 aliphatic rings. The molecular weight excluding hydrogens is 511 g/mol. The number of halogens is 1. The molecule has 2 N–H and O–H groups in total. The van der Waals surface area contributed by atoms with E-state index < -0.39 is 10.0 Å². The van der Waals surface area contributed by atoms with Gasteiger partial charge < -0.3 is 10.6 Å². The minimum absolute atomic E-state index is 0. The SMILES string of the molecule is CCNC(=NCc1ccc(S(=O)(=O)N2CCCC2)cc1)NC(C)c1ccccc1.I. The molecular formula is C22H31IN4O2S. The largest absolute Gasteiger partial charge is 0.357 e. The number of hydrogen-bond acceptors (Lipinski definition) is 3. The van der Waals surface area contributed by atoms with Crippen LogP contribution in [0.3, 0.4) is 0 Å². The molecule has 0 amide bonds. The molecule has 1 aliphatic heterocycles. The first-order valence-corrected chi connectivity index (χ1v) is 11.6. The highest BCUT2D eigenvalue weighted by Gasteiger charge is 2.26. The quantitative estimate of drug-likeness (QED) is 0.316. The van der Waals surface area contributed by atoms with Crippen molar-refractivity contribution < 1.29 is 8.42 Å². The fourth-order valence-corrected chi connectivity index (χ4v) is 4.88. The summed E-state index contributed by atoms with van der Waals surface area (Å²) in [6.45, 7) is 6.60. The van der Waals surface area contributed by atoms with Gasteiger partial charge in [-0.05, 0) is 49.9 Å². The molecule has 164 valence electrons. The number of aliphatic imine (C=N–C) groups is 1. The molecule has 0 aliphatic carbocycles. The number of guanidine groups is 1. The predicted molar refractivity (Wildman–Crippen MR) is 133 cm³/mol. The smallest absolute Gasteiger partial charge is 0.243 e. The Morgan fingerprint density at radius 3 is 2.30 bits per heavy atom. The molecule has 3 rings (SSSR count). The summed E-state index contributed by atoms with van der Waals surface area (Å²) in [4.78, 5) is 5.01. The number of rotatable bonds is 7. The van der Waals surface area contributed by atoms with Crippen LogP contribution in [-0.4, -0.2) is 38.3 Å². The molecule has 1 atom stereocenters. The van der Waals surface area contributed by atoms with Crippen LogP contribution in [0.4, 0.5) is 0 Å². The van der Waals surface area contributed by atoms with E-state index in [4.69, 9.17) is 0 Å². The summed E-state index contributed by atoms with van der Waals surface area (Å²) in [5.41, 5.74) is 2.16. The second-order valence-electron chi connectivity index (χ2n) is 7.23. The summed E-state index contributed by atoms with van der Waals surface area (Å²) < 4.78 is 26.8. The van der Waals surface area contributed by atoms with E-state index in [0.29, 0.717) is 24.5 Å². The van der Waals surface area contributed by atoms with Gasteiger partial charge in [0.2, 0.25) is 10.0 Å². The maximum absolute atomic E-state index is 12.6. The molecule has 2 aromatic carbocycles. The van der Waals surface area contributed by atoms with Crippen LogP contribution in [0.1, 0.15) is 43.9 Å². The molecule has 0 spiro atoms. The van der Waals surface area contributed by atoms with E-state index in [0.717, 1.165) is 30.9 Å². The lowest BCUT2D eigenvalue weighted by Gasteiger charge is -2.18. The Morgan fingerprint density at radius 2 is 1.70 bits per heavy atom. The van der Waals surface area contributed by atoms with Crippen LogP contribution in [-0.2, 0) is 16.6 Å².